The molecule has 6 atom stereocenters. The monoisotopic (exact) mass is 606 g/mol. The molecule has 4 aliphatic rings. The number of nitrogens with one attached hydrogen (secondary N) is 2. The van der Waals surface area contributed by atoms with Gasteiger partial charge in [-0.1, -0.05) is 25.1 Å². The third-order valence-electron chi connectivity index (χ3n) is 9.83. The Bertz CT molecular complexity index is 1390. The van der Waals surface area contributed by atoms with Crippen molar-refractivity contribution in [1.29, 1.82) is 0 Å². The Labute approximate surface area is 253 Å². The Balaban J connectivity index is 1.41. The lowest BCUT2D eigenvalue weighted by Gasteiger charge is -2.33. The van der Waals surface area contributed by atoms with Crippen molar-refractivity contribution >= 4 is 43.1 Å². The van der Waals surface area contributed by atoms with Gasteiger partial charge in [0.2, 0.25) is 11.8 Å². The molecule has 3 amide bonds. The maximum Gasteiger partial charge on any atom is 0.268 e. The topological polar surface area (TPSA) is 131 Å². The summed E-state index contributed by atoms with van der Waals surface area (Å²) in [6, 6.07) is 14.4. The van der Waals surface area contributed by atoms with Crippen LogP contribution in [-0.4, -0.2) is 78.7 Å². The van der Waals surface area contributed by atoms with Gasteiger partial charge in [-0.25, -0.2) is 0 Å². The van der Waals surface area contributed by atoms with Crippen molar-refractivity contribution in [1.82, 2.24) is 10.2 Å². The molecule has 3 fully saturated rings. The predicted octanol–water partition coefficient (Wildman–Crippen LogP) is 3.23. The number of carbonyl (C=O) groups excluding carboxylic acids is 3. The number of amides is 3. The van der Waals surface area contributed by atoms with Gasteiger partial charge in [-0.3, -0.25) is 19.3 Å². The van der Waals surface area contributed by atoms with Gasteiger partial charge in [0, 0.05) is 34.9 Å². The minimum atomic E-state index is -2.98. The number of nitrogens with zero attached hydrogens (tertiary/aromatic N) is 2. The van der Waals surface area contributed by atoms with Crippen molar-refractivity contribution in [2.24, 2.45) is 5.92 Å². The number of fused-ring (bicyclic) bond motifs is 2. The molecule has 4 N–H and O–H groups in total. The van der Waals surface area contributed by atoms with E-state index in [1.807, 2.05) is 62.5 Å². The van der Waals surface area contributed by atoms with Crippen LogP contribution >= 0.6 is 0 Å². The molecule has 0 radical (unpaired) electrons. The Kier molecular flexibility index (Phi) is 7.97. The van der Waals surface area contributed by atoms with Crippen LogP contribution in [0.5, 0.6) is 0 Å². The zero-order valence-corrected chi connectivity index (χ0v) is 26.1. The molecule has 6 rings (SSSR count). The summed E-state index contributed by atoms with van der Waals surface area (Å²) in [5, 5.41) is 16.1. The first kappa shape index (κ1) is 30.0. The van der Waals surface area contributed by atoms with E-state index in [0.29, 0.717) is 29.2 Å². The number of para-hydroxylation sites is 1. The molecule has 230 valence electrons. The average Bonchev–Trinajstić information content (AvgIpc) is 3.76. The van der Waals surface area contributed by atoms with Crippen molar-refractivity contribution in [3.05, 3.63) is 54.1 Å². The first-order valence-corrected chi connectivity index (χ1v) is 18.5. The maximum absolute atomic E-state index is 14.7. The number of carbonyl (C=O) groups is 3. The van der Waals surface area contributed by atoms with Crippen molar-refractivity contribution in [2.45, 2.75) is 81.5 Å². The minimum absolute atomic E-state index is 0.0158. The van der Waals surface area contributed by atoms with Gasteiger partial charge in [0.05, 0.1) is 36.9 Å². The van der Waals surface area contributed by atoms with Crippen LogP contribution in [0.25, 0.3) is 0 Å². The number of benzene rings is 2. The number of anilines is 3. The predicted molar refractivity (Wildman–Crippen MR) is 165 cm³/mol. The number of aliphatic hydroxyl groups is 1. The Morgan fingerprint density at radius 2 is 1.91 bits per heavy atom. The van der Waals surface area contributed by atoms with E-state index in [-0.39, 0.29) is 42.8 Å². The summed E-state index contributed by atoms with van der Waals surface area (Å²) < 4.78 is 6.86. The SMILES string of the molecule is C[C@H]1[C@H]([Si](C)(C)O)[C@@H](CC(=O)N2CCC[C@H]2CO)O[C@]12C(=O)N(c1ccccc1)c1ccc(NC(=O)[C@H]3CCCN3)cc12. The normalized spacial score (nSPS) is 30.3. The summed E-state index contributed by atoms with van der Waals surface area (Å²) in [6.07, 6.45) is 2.61. The van der Waals surface area contributed by atoms with Gasteiger partial charge in [0.25, 0.3) is 5.91 Å². The third kappa shape index (κ3) is 5.10. The van der Waals surface area contributed by atoms with E-state index in [0.717, 1.165) is 32.2 Å². The highest BCUT2D eigenvalue weighted by molar-refractivity contribution is 6.71. The van der Waals surface area contributed by atoms with Gasteiger partial charge in [-0.05, 0) is 75.7 Å². The van der Waals surface area contributed by atoms with Gasteiger partial charge in [0.15, 0.2) is 13.9 Å². The van der Waals surface area contributed by atoms with E-state index < -0.39 is 31.5 Å². The molecule has 1 spiro atoms. The van der Waals surface area contributed by atoms with E-state index >= 15 is 0 Å². The maximum atomic E-state index is 14.7. The first-order chi connectivity index (χ1) is 20.6. The molecule has 43 heavy (non-hydrogen) atoms. The Hall–Kier alpha value is -3.09. The van der Waals surface area contributed by atoms with Crippen LogP contribution in [0.15, 0.2) is 48.5 Å². The molecular formula is C32H42N4O6Si. The fraction of sp³-hybridized carbons (Fsp3) is 0.531. The second-order valence-electron chi connectivity index (χ2n) is 13.0. The van der Waals surface area contributed by atoms with Crippen LogP contribution in [0.4, 0.5) is 17.1 Å². The first-order valence-electron chi connectivity index (χ1n) is 15.4. The zero-order chi connectivity index (χ0) is 30.5. The van der Waals surface area contributed by atoms with Crippen molar-refractivity contribution < 1.29 is 29.0 Å². The molecule has 10 nitrogen and oxygen atoms in total. The quantitative estimate of drug-likeness (QED) is 0.356. The van der Waals surface area contributed by atoms with Gasteiger partial charge >= 0.3 is 0 Å². The summed E-state index contributed by atoms with van der Waals surface area (Å²) in [6.45, 7) is 6.89. The highest BCUT2D eigenvalue weighted by Gasteiger charge is 2.67. The number of rotatable bonds is 7. The van der Waals surface area contributed by atoms with E-state index in [9.17, 15) is 24.3 Å². The van der Waals surface area contributed by atoms with Crippen LogP contribution in [0.1, 0.15) is 44.6 Å². The van der Waals surface area contributed by atoms with Crippen molar-refractivity contribution in [3.63, 3.8) is 0 Å². The summed E-state index contributed by atoms with van der Waals surface area (Å²) in [5.41, 5.74) is 0.658. The van der Waals surface area contributed by atoms with Crippen LogP contribution in [0, 0.1) is 5.92 Å². The number of ether oxygens (including phenoxy) is 1. The Morgan fingerprint density at radius 1 is 1.14 bits per heavy atom. The van der Waals surface area contributed by atoms with E-state index in [4.69, 9.17) is 4.74 Å². The number of aliphatic hydroxyl groups excluding tert-OH is 1. The molecule has 2 aromatic carbocycles. The van der Waals surface area contributed by atoms with Crippen molar-refractivity contribution in [3.8, 4) is 0 Å². The number of hydrogen-bond acceptors (Lipinski definition) is 7. The van der Waals surface area contributed by atoms with Crippen LogP contribution < -0.4 is 15.5 Å². The fourth-order valence-corrected chi connectivity index (χ4v) is 10.4. The number of hydrogen-bond donors (Lipinski definition) is 4. The second-order valence-corrected chi connectivity index (χ2v) is 17.0. The lowest BCUT2D eigenvalue weighted by atomic mass is 9.82. The molecule has 0 aliphatic carbocycles. The third-order valence-corrected chi connectivity index (χ3v) is 12.3. The number of likely N-dealkylation sites (tertiary alicyclic amines) is 1. The van der Waals surface area contributed by atoms with Crippen LogP contribution in [-0.2, 0) is 24.7 Å². The standard InChI is InChI=1S/C32H42N4O6Si/c1-20-29(43(2,3)41)27(18-28(38)35-16-8-11-23(35)19-37)42-32(20)24-17-21(34-30(39)25-12-7-15-33-25)13-14-26(24)36(31(32)40)22-9-5-4-6-10-22/h4-6,9-10,13-14,17,20,23,25,27,29,33,37,41H,7-8,11-12,15-16,18-19H2,1-3H3,(H,34,39)/t20-,23-,25+,27+,29-,32+/m0/s1. The minimum Gasteiger partial charge on any atom is -0.432 e. The molecule has 4 aliphatic heterocycles. The van der Waals surface area contributed by atoms with Crippen LogP contribution in [0.3, 0.4) is 0 Å². The summed E-state index contributed by atoms with van der Waals surface area (Å²) in [4.78, 5) is 56.3. The summed E-state index contributed by atoms with van der Waals surface area (Å²) >= 11 is 0. The molecule has 4 heterocycles. The molecule has 11 heteroatoms. The van der Waals surface area contributed by atoms with Crippen molar-refractivity contribution in [2.75, 3.05) is 29.9 Å². The van der Waals surface area contributed by atoms with Gasteiger partial charge < -0.3 is 30.2 Å². The molecule has 0 saturated carbocycles. The smallest absolute Gasteiger partial charge is 0.268 e. The molecule has 0 aromatic heterocycles. The molecular weight excluding hydrogens is 564 g/mol. The van der Waals surface area contributed by atoms with E-state index in [1.54, 1.807) is 15.9 Å². The van der Waals surface area contributed by atoms with Gasteiger partial charge in [-0.15, -0.1) is 0 Å². The molecule has 0 bridgehead atoms. The lowest BCUT2D eigenvalue weighted by molar-refractivity contribution is -0.149. The van der Waals surface area contributed by atoms with Crippen LogP contribution in [0.2, 0.25) is 18.6 Å². The largest absolute Gasteiger partial charge is 0.432 e. The van der Waals surface area contributed by atoms with Gasteiger partial charge in [0.1, 0.15) is 0 Å². The summed E-state index contributed by atoms with van der Waals surface area (Å²) in [7, 11) is -2.98. The average molecular weight is 607 g/mol. The molecule has 0 unspecified atom stereocenters. The van der Waals surface area contributed by atoms with E-state index in [1.165, 1.54) is 0 Å². The zero-order valence-electron chi connectivity index (χ0n) is 25.1. The molecule has 3 saturated heterocycles. The lowest BCUT2D eigenvalue weighted by Crippen LogP contribution is -2.45. The second kappa shape index (κ2) is 11.4. The van der Waals surface area contributed by atoms with E-state index in [2.05, 4.69) is 10.6 Å². The summed E-state index contributed by atoms with van der Waals surface area (Å²) in [5.74, 6) is -0.975. The fourth-order valence-electron chi connectivity index (χ4n) is 7.89. The highest BCUT2D eigenvalue weighted by Crippen LogP contribution is 2.61. The molecule has 2 aromatic rings. The highest BCUT2D eigenvalue weighted by atomic mass is 28.4. The Morgan fingerprint density at radius 3 is 2.58 bits per heavy atom. The van der Waals surface area contributed by atoms with Gasteiger partial charge in [-0.2, -0.15) is 0 Å².